The highest BCUT2D eigenvalue weighted by atomic mass is 79.9. The molecule has 154 valence electrons. The summed E-state index contributed by atoms with van der Waals surface area (Å²) >= 11 is 3.48. The second-order valence-electron chi connectivity index (χ2n) is 7.34. The molecule has 0 unspecified atom stereocenters. The SMILES string of the molecule is Cc1ccc(Oc2nc3c(c(=O)n(C)c(=O)n3C)n2Cc2cccc(Br)c2)cc1C. The fraction of sp³-hybridized carbons (Fsp3) is 0.227. The molecule has 30 heavy (non-hydrogen) atoms. The van der Waals surface area contributed by atoms with Crippen LogP contribution in [0.15, 0.2) is 56.5 Å². The van der Waals surface area contributed by atoms with Crippen molar-refractivity contribution in [1.82, 2.24) is 18.7 Å². The number of rotatable bonds is 4. The highest BCUT2D eigenvalue weighted by molar-refractivity contribution is 9.10. The van der Waals surface area contributed by atoms with Gasteiger partial charge in [-0.1, -0.05) is 34.1 Å². The lowest BCUT2D eigenvalue weighted by molar-refractivity contribution is 0.420. The van der Waals surface area contributed by atoms with E-state index in [1.807, 2.05) is 56.3 Å². The van der Waals surface area contributed by atoms with Crippen molar-refractivity contribution in [3.63, 3.8) is 0 Å². The number of aromatic nitrogens is 4. The van der Waals surface area contributed by atoms with Crippen LogP contribution in [0.2, 0.25) is 0 Å². The molecule has 0 radical (unpaired) electrons. The van der Waals surface area contributed by atoms with Gasteiger partial charge in [0, 0.05) is 18.6 Å². The molecule has 0 amide bonds. The topological polar surface area (TPSA) is 71.1 Å². The molecule has 0 saturated heterocycles. The Morgan fingerprint density at radius 2 is 1.77 bits per heavy atom. The Bertz CT molecular complexity index is 1400. The number of halogens is 1. The first kappa shape index (κ1) is 20.2. The van der Waals surface area contributed by atoms with Gasteiger partial charge in [-0.15, -0.1) is 0 Å². The molecule has 4 rings (SSSR count). The highest BCUT2D eigenvalue weighted by Crippen LogP contribution is 2.27. The van der Waals surface area contributed by atoms with Gasteiger partial charge in [-0.05, 0) is 54.8 Å². The van der Waals surface area contributed by atoms with E-state index < -0.39 is 11.2 Å². The summed E-state index contributed by atoms with van der Waals surface area (Å²) in [5.74, 6) is 0.616. The standard InChI is InChI=1S/C22H21BrN4O3/c1-13-8-9-17(10-14(13)2)30-21-24-19-18(20(28)26(4)22(29)25(19)3)27(21)12-15-6-5-7-16(23)11-15/h5-11H,12H2,1-4H3. The maximum atomic E-state index is 13.0. The van der Waals surface area contributed by atoms with Gasteiger partial charge in [0.15, 0.2) is 11.2 Å². The normalized spacial score (nSPS) is 11.2. The van der Waals surface area contributed by atoms with Crippen LogP contribution in [-0.2, 0) is 20.6 Å². The lowest BCUT2D eigenvalue weighted by Crippen LogP contribution is -2.37. The monoisotopic (exact) mass is 468 g/mol. The van der Waals surface area contributed by atoms with Crippen LogP contribution in [0.25, 0.3) is 11.2 Å². The van der Waals surface area contributed by atoms with E-state index in [1.54, 1.807) is 11.6 Å². The van der Waals surface area contributed by atoms with Gasteiger partial charge in [0.2, 0.25) is 0 Å². The van der Waals surface area contributed by atoms with Gasteiger partial charge < -0.3 is 4.74 Å². The van der Waals surface area contributed by atoms with Gasteiger partial charge in [-0.2, -0.15) is 4.98 Å². The fourth-order valence-corrected chi connectivity index (χ4v) is 3.80. The van der Waals surface area contributed by atoms with Crippen molar-refractivity contribution in [2.75, 3.05) is 0 Å². The minimum absolute atomic E-state index is 0.256. The lowest BCUT2D eigenvalue weighted by Gasteiger charge is -2.11. The second kappa shape index (κ2) is 7.60. The van der Waals surface area contributed by atoms with Crippen LogP contribution >= 0.6 is 15.9 Å². The summed E-state index contributed by atoms with van der Waals surface area (Å²) in [6.45, 7) is 4.40. The molecule has 2 aromatic heterocycles. The number of aryl methyl sites for hydroxylation is 3. The van der Waals surface area contributed by atoms with Crippen molar-refractivity contribution in [3.8, 4) is 11.8 Å². The summed E-state index contributed by atoms with van der Waals surface area (Å²) in [7, 11) is 3.06. The summed E-state index contributed by atoms with van der Waals surface area (Å²) < 4.78 is 11.2. The summed E-state index contributed by atoms with van der Waals surface area (Å²) in [5, 5.41) is 0. The number of hydrogen-bond donors (Lipinski definition) is 0. The third kappa shape index (κ3) is 3.47. The molecule has 0 fully saturated rings. The van der Waals surface area contributed by atoms with E-state index in [9.17, 15) is 9.59 Å². The van der Waals surface area contributed by atoms with E-state index in [-0.39, 0.29) is 11.7 Å². The highest BCUT2D eigenvalue weighted by Gasteiger charge is 2.21. The number of imidazole rings is 1. The Morgan fingerprint density at radius 3 is 2.47 bits per heavy atom. The molecule has 7 nitrogen and oxygen atoms in total. The average Bonchev–Trinajstić information content (AvgIpc) is 3.05. The first-order valence-corrected chi connectivity index (χ1v) is 10.2. The Hall–Kier alpha value is -3.13. The maximum Gasteiger partial charge on any atom is 0.332 e. The molecule has 0 aliphatic carbocycles. The Kier molecular flexibility index (Phi) is 5.11. The zero-order chi connectivity index (χ0) is 21.6. The smallest absolute Gasteiger partial charge is 0.332 e. The summed E-state index contributed by atoms with van der Waals surface area (Å²) in [6, 6.07) is 13.8. The Morgan fingerprint density at radius 1 is 1.00 bits per heavy atom. The van der Waals surface area contributed by atoms with E-state index >= 15 is 0 Å². The first-order chi connectivity index (χ1) is 14.3. The molecule has 0 saturated carbocycles. The Balaban J connectivity index is 1.94. The van der Waals surface area contributed by atoms with Gasteiger partial charge in [0.1, 0.15) is 5.75 Å². The summed E-state index contributed by atoms with van der Waals surface area (Å²) in [4.78, 5) is 29.9. The third-order valence-corrected chi connectivity index (χ3v) is 5.72. The average molecular weight is 469 g/mol. The van der Waals surface area contributed by atoms with Gasteiger partial charge in [0.05, 0.1) is 6.54 Å². The van der Waals surface area contributed by atoms with Crippen LogP contribution < -0.4 is 16.0 Å². The van der Waals surface area contributed by atoms with Crippen molar-refractivity contribution in [2.45, 2.75) is 20.4 Å². The van der Waals surface area contributed by atoms with Gasteiger partial charge in [-0.3, -0.25) is 18.5 Å². The van der Waals surface area contributed by atoms with Crippen molar-refractivity contribution in [3.05, 3.63) is 84.5 Å². The zero-order valence-electron chi connectivity index (χ0n) is 17.1. The summed E-state index contributed by atoms with van der Waals surface area (Å²) in [6.07, 6.45) is 0. The molecule has 0 bridgehead atoms. The largest absolute Gasteiger partial charge is 0.425 e. The van der Waals surface area contributed by atoms with Crippen LogP contribution in [0.4, 0.5) is 0 Å². The molecule has 4 aromatic rings. The molecule has 8 heteroatoms. The molecule has 0 aliphatic heterocycles. The van der Waals surface area contributed by atoms with Crippen molar-refractivity contribution >= 4 is 27.1 Å². The molecule has 2 heterocycles. The number of benzene rings is 2. The number of nitrogens with zero attached hydrogens (tertiary/aromatic N) is 4. The number of ether oxygens (including phenoxy) is 1. The lowest BCUT2D eigenvalue weighted by atomic mass is 10.1. The Labute approximate surface area is 181 Å². The maximum absolute atomic E-state index is 13.0. The van der Waals surface area contributed by atoms with Gasteiger partial charge in [0.25, 0.3) is 5.56 Å². The van der Waals surface area contributed by atoms with Crippen LogP contribution in [-0.4, -0.2) is 18.7 Å². The van der Waals surface area contributed by atoms with Crippen LogP contribution in [0.5, 0.6) is 11.8 Å². The van der Waals surface area contributed by atoms with Crippen molar-refractivity contribution < 1.29 is 4.74 Å². The molecule has 0 atom stereocenters. The van der Waals surface area contributed by atoms with E-state index in [0.717, 1.165) is 25.7 Å². The minimum atomic E-state index is -0.433. The predicted molar refractivity (Wildman–Crippen MR) is 119 cm³/mol. The van der Waals surface area contributed by atoms with Crippen LogP contribution in [0.1, 0.15) is 16.7 Å². The minimum Gasteiger partial charge on any atom is -0.425 e. The molecular weight excluding hydrogens is 448 g/mol. The molecular formula is C22H21BrN4O3. The van der Waals surface area contributed by atoms with E-state index in [2.05, 4.69) is 20.9 Å². The quantitative estimate of drug-likeness (QED) is 0.458. The molecule has 0 aliphatic rings. The fourth-order valence-electron chi connectivity index (χ4n) is 3.35. The predicted octanol–water partition coefficient (Wildman–Crippen LogP) is 3.65. The molecule has 2 aromatic carbocycles. The number of hydrogen-bond acceptors (Lipinski definition) is 4. The van der Waals surface area contributed by atoms with E-state index in [4.69, 9.17) is 4.74 Å². The van der Waals surface area contributed by atoms with Crippen molar-refractivity contribution in [2.24, 2.45) is 14.1 Å². The third-order valence-electron chi connectivity index (χ3n) is 5.23. The molecule has 0 spiro atoms. The molecule has 0 N–H and O–H groups in total. The van der Waals surface area contributed by atoms with Crippen molar-refractivity contribution in [1.29, 1.82) is 0 Å². The van der Waals surface area contributed by atoms with E-state index in [0.29, 0.717) is 17.8 Å². The zero-order valence-corrected chi connectivity index (χ0v) is 18.7. The van der Waals surface area contributed by atoms with Crippen LogP contribution in [0.3, 0.4) is 0 Å². The first-order valence-electron chi connectivity index (χ1n) is 9.42. The van der Waals surface area contributed by atoms with Crippen LogP contribution in [0, 0.1) is 13.8 Å². The second-order valence-corrected chi connectivity index (χ2v) is 8.25. The van der Waals surface area contributed by atoms with Gasteiger partial charge >= 0.3 is 11.7 Å². The number of fused-ring (bicyclic) bond motifs is 1. The van der Waals surface area contributed by atoms with E-state index in [1.165, 1.54) is 11.6 Å². The van der Waals surface area contributed by atoms with Gasteiger partial charge in [-0.25, -0.2) is 4.79 Å². The summed E-state index contributed by atoms with van der Waals surface area (Å²) in [5.41, 5.74) is 2.97.